The summed E-state index contributed by atoms with van der Waals surface area (Å²) in [4.78, 5) is 23.4. The molecule has 0 aliphatic carbocycles. The molecule has 0 bridgehead atoms. The molecule has 22 heavy (non-hydrogen) atoms. The average Bonchev–Trinajstić information content (AvgIpc) is 2.48. The highest BCUT2D eigenvalue weighted by Gasteiger charge is 2.21. The minimum absolute atomic E-state index is 0.0386. The quantitative estimate of drug-likeness (QED) is 0.184. The van der Waals surface area contributed by atoms with E-state index in [9.17, 15) is 19.1 Å². The largest absolute Gasteiger partial charge is 0.396 e. The first kappa shape index (κ1) is 19.0. The van der Waals surface area contributed by atoms with Gasteiger partial charge in [0.2, 0.25) is 0 Å². The molecule has 1 aromatic rings. The molecule has 1 aromatic carbocycles. The van der Waals surface area contributed by atoms with Crippen molar-refractivity contribution in [1.82, 2.24) is 0 Å². The third-order valence-corrected chi connectivity index (χ3v) is 4.58. The van der Waals surface area contributed by atoms with E-state index in [0.29, 0.717) is 27.4 Å². The van der Waals surface area contributed by atoms with Gasteiger partial charge in [0.15, 0.2) is 12.1 Å². The first-order chi connectivity index (χ1) is 10.3. The van der Waals surface area contributed by atoms with E-state index in [-0.39, 0.29) is 24.0 Å². The Morgan fingerprint density at radius 3 is 2.50 bits per heavy atom. The zero-order chi connectivity index (χ0) is 16.9. The summed E-state index contributed by atoms with van der Waals surface area (Å²) in [7, 11) is 0. The Morgan fingerprint density at radius 2 is 2.05 bits per heavy atom. The number of aliphatic hydroxyl groups is 1. The van der Waals surface area contributed by atoms with E-state index >= 15 is 0 Å². The van der Waals surface area contributed by atoms with Gasteiger partial charge in [0.05, 0.1) is 5.57 Å². The summed E-state index contributed by atoms with van der Waals surface area (Å²) in [5, 5.41) is 9.46. The van der Waals surface area contributed by atoms with Crippen LogP contribution in [0.15, 0.2) is 23.8 Å². The third-order valence-electron chi connectivity index (χ3n) is 3.75. The highest BCUT2D eigenvalue weighted by molar-refractivity contribution is 14.1. The maximum absolute atomic E-state index is 13.9. The van der Waals surface area contributed by atoms with Gasteiger partial charge < -0.3 is 5.11 Å². The van der Waals surface area contributed by atoms with E-state index in [1.54, 1.807) is 6.92 Å². The van der Waals surface area contributed by atoms with Crippen LogP contribution < -0.4 is 0 Å². The molecule has 1 N–H and O–H groups in total. The molecule has 1 rings (SSSR count). The number of ketones is 1. The molecule has 5 heteroatoms. The maximum atomic E-state index is 13.9. The molecule has 1 atom stereocenters. The van der Waals surface area contributed by atoms with Gasteiger partial charge in [-0.15, -0.1) is 0 Å². The van der Waals surface area contributed by atoms with Crippen LogP contribution in [0.1, 0.15) is 36.7 Å². The number of aliphatic hydroxyl groups excluding tert-OH is 1. The monoisotopic (exact) mass is 418 g/mol. The number of allylic oxidation sites excluding steroid dienone is 2. The Labute approximate surface area is 143 Å². The second kappa shape index (κ2) is 8.53. The molecule has 0 saturated carbocycles. The van der Waals surface area contributed by atoms with Gasteiger partial charge >= 0.3 is 0 Å². The Kier molecular flexibility index (Phi) is 7.35. The fraction of sp³-hybridized carbons (Fsp3) is 0.412. The number of halogens is 2. The minimum atomic E-state index is -0.411. The number of hydrogen-bond donors (Lipinski definition) is 1. The van der Waals surface area contributed by atoms with E-state index in [1.807, 2.05) is 36.4 Å². The molecule has 0 aliphatic rings. The number of hydrogen-bond acceptors (Lipinski definition) is 3. The summed E-state index contributed by atoms with van der Waals surface area (Å²) >= 11 is 1.82. The smallest absolute Gasteiger partial charge is 0.196 e. The Bertz CT molecular complexity index is 594. The van der Waals surface area contributed by atoms with Crippen LogP contribution in [0.25, 0.3) is 0 Å². The molecule has 0 fully saturated rings. The van der Waals surface area contributed by atoms with Gasteiger partial charge in [0, 0.05) is 15.7 Å². The number of benzene rings is 1. The molecule has 0 heterocycles. The lowest BCUT2D eigenvalue weighted by Gasteiger charge is -2.20. The minimum Gasteiger partial charge on any atom is -0.396 e. The number of carbonyl (C=O) groups excluding carboxylic acids is 2. The predicted molar refractivity (Wildman–Crippen MR) is 92.4 cm³/mol. The van der Waals surface area contributed by atoms with Gasteiger partial charge in [-0.3, -0.25) is 9.59 Å². The normalized spacial score (nSPS) is 13.3. The van der Waals surface area contributed by atoms with Gasteiger partial charge in [-0.25, -0.2) is 4.39 Å². The van der Waals surface area contributed by atoms with Gasteiger partial charge in [-0.1, -0.05) is 19.9 Å². The average molecular weight is 418 g/mol. The molecule has 0 aromatic heterocycles. The van der Waals surface area contributed by atoms with E-state index in [2.05, 4.69) is 0 Å². The zero-order valence-electron chi connectivity index (χ0n) is 12.9. The first-order valence-corrected chi connectivity index (χ1v) is 8.18. The second-order valence-electron chi connectivity index (χ2n) is 5.51. The lowest BCUT2D eigenvalue weighted by Crippen LogP contribution is -2.19. The van der Waals surface area contributed by atoms with Crippen LogP contribution in [0.5, 0.6) is 0 Å². The summed E-state index contributed by atoms with van der Waals surface area (Å²) in [5.74, 6) is -0.689. The fourth-order valence-electron chi connectivity index (χ4n) is 2.17. The SMILES string of the molecule is C/C=C(/C=O)C(=O)c1cc(I)c(F)cc1C[C@@H](CO)C(C)C. The molecule has 0 amide bonds. The lowest BCUT2D eigenvalue weighted by atomic mass is 9.86. The van der Waals surface area contributed by atoms with E-state index in [0.717, 1.165) is 0 Å². The maximum Gasteiger partial charge on any atom is 0.196 e. The van der Waals surface area contributed by atoms with Crippen LogP contribution in [-0.2, 0) is 11.2 Å². The van der Waals surface area contributed by atoms with Crippen molar-refractivity contribution >= 4 is 34.7 Å². The van der Waals surface area contributed by atoms with Crippen molar-refractivity contribution in [1.29, 1.82) is 0 Å². The van der Waals surface area contributed by atoms with Crippen molar-refractivity contribution in [3.8, 4) is 0 Å². The molecule has 0 aliphatic heterocycles. The molecule has 0 unspecified atom stereocenters. The molecule has 0 spiro atoms. The highest BCUT2D eigenvalue weighted by Crippen LogP contribution is 2.25. The van der Waals surface area contributed by atoms with Crippen molar-refractivity contribution < 1.29 is 19.1 Å². The predicted octanol–water partition coefficient (Wildman–Crippen LogP) is 3.57. The van der Waals surface area contributed by atoms with Gasteiger partial charge in [-0.2, -0.15) is 0 Å². The molecule has 0 saturated heterocycles. The summed E-state index contributed by atoms with van der Waals surface area (Å²) in [6.07, 6.45) is 2.34. The van der Waals surface area contributed by atoms with Crippen molar-refractivity contribution in [2.75, 3.05) is 6.61 Å². The third kappa shape index (κ3) is 4.46. The van der Waals surface area contributed by atoms with Gasteiger partial charge in [-0.05, 0) is 65.5 Å². The summed E-state index contributed by atoms with van der Waals surface area (Å²) in [6, 6.07) is 2.80. The van der Waals surface area contributed by atoms with Crippen molar-refractivity contribution in [2.45, 2.75) is 27.2 Å². The van der Waals surface area contributed by atoms with Gasteiger partial charge in [0.1, 0.15) is 5.82 Å². The van der Waals surface area contributed by atoms with Crippen LogP contribution in [0.2, 0.25) is 0 Å². The van der Waals surface area contributed by atoms with Crippen LogP contribution in [0, 0.1) is 21.2 Å². The zero-order valence-corrected chi connectivity index (χ0v) is 15.1. The molecule has 3 nitrogen and oxygen atoms in total. The topological polar surface area (TPSA) is 54.4 Å². The summed E-state index contributed by atoms with van der Waals surface area (Å²) < 4.78 is 14.2. The highest BCUT2D eigenvalue weighted by atomic mass is 127. The fourth-order valence-corrected chi connectivity index (χ4v) is 2.64. The van der Waals surface area contributed by atoms with E-state index in [4.69, 9.17) is 0 Å². The van der Waals surface area contributed by atoms with Gasteiger partial charge in [0.25, 0.3) is 0 Å². The first-order valence-electron chi connectivity index (χ1n) is 7.10. The molecule has 0 radical (unpaired) electrons. The van der Waals surface area contributed by atoms with Crippen LogP contribution in [-0.4, -0.2) is 23.8 Å². The van der Waals surface area contributed by atoms with Crippen molar-refractivity contribution in [3.05, 3.63) is 44.3 Å². The number of Topliss-reactive ketones (excluding diaryl/α,β-unsaturated/α-hetero) is 1. The number of rotatable bonds is 7. The van der Waals surface area contributed by atoms with Crippen LogP contribution in [0.4, 0.5) is 4.39 Å². The van der Waals surface area contributed by atoms with E-state index < -0.39 is 11.6 Å². The van der Waals surface area contributed by atoms with E-state index in [1.165, 1.54) is 18.2 Å². The molecule has 120 valence electrons. The standard InChI is InChI=1S/C17H20FIO3/c1-4-11(8-20)17(22)14-7-16(19)15(18)6-12(14)5-13(9-21)10(2)3/h4,6-8,10,13,21H,5,9H2,1-3H3/b11-4-/t13-/m0/s1. The molecular formula is C17H20FIO3. The lowest BCUT2D eigenvalue weighted by molar-refractivity contribution is -0.104. The van der Waals surface area contributed by atoms with Crippen molar-refractivity contribution in [2.24, 2.45) is 11.8 Å². The summed E-state index contributed by atoms with van der Waals surface area (Å²) in [5.41, 5.74) is 0.899. The summed E-state index contributed by atoms with van der Waals surface area (Å²) in [6.45, 7) is 5.51. The number of carbonyl (C=O) groups is 2. The Morgan fingerprint density at radius 1 is 1.41 bits per heavy atom. The Hall–Kier alpha value is -1.08. The molecular weight excluding hydrogens is 398 g/mol. The number of aldehydes is 1. The van der Waals surface area contributed by atoms with Crippen LogP contribution >= 0.6 is 22.6 Å². The second-order valence-corrected chi connectivity index (χ2v) is 6.67. The van der Waals surface area contributed by atoms with Crippen molar-refractivity contribution in [3.63, 3.8) is 0 Å². The van der Waals surface area contributed by atoms with Crippen LogP contribution in [0.3, 0.4) is 0 Å². The Balaban J connectivity index is 3.34.